The second kappa shape index (κ2) is 7.84. The highest BCUT2D eigenvalue weighted by molar-refractivity contribution is 7.95. The number of fused-ring (bicyclic) bond motifs is 1. The predicted molar refractivity (Wildman–Crippen MR) is 113 cm³/mol. The maximum absolute atomic E-state index is 11.8. The van der Waals surface area contributed by atoms with E-state index in [2.05, 4.69) is 38.4 Å². The topological polar surface area (TPSA) is 89.8 Å². The molecule has 0 aliphatic heterocycles. The number of hydrogen-bond acceptors (Lipinski definition) is 5. The predicted octanol–water partition coefficient (Wildman–Crippen LogP) is 3.49. The Balaban J connectivity index is 1.63. The highest BCUT2D eigenvalue weighted by Crippen LogP contribution is 2.22. The van der Waals surface area contributed by atoms with Crippen LogP contribution in [0.1, 0.15) is 11.3 Å². The smallest absolute Gasteiger partial charge is 0.254 e. The van der Waals surface area contributed by atoms with Crippen molar-refractivity contribution in [3.63, 3.8) is 0 Å². The fraction of sp³-hybridized carbons (Fsp3) is 0.0952. The van der Waals surface area contributed by atoms with E-state index in [9.17, 15) is 8.42 Å². The van der Waals surface area contributed by atoms with Crippen LogP contribution < -0.4 is 4.72 Å². The Morgan fingerprint density at radius 3 is 2.62 bits per heavy atom. The summed E-state index contributed by atoms with van der Waals surface area (Å²) in [6.45, 7) is 3.31. The molecule has 0 unspecified atom stereocenters. The largest absolute Gasteiger partial charge is 0.283 e. The third kappa shape index (κ3) is 4.33. The summed E-state index contributed by atoms with van der Waals surface area (Å²) in [6.07, 6.45) is 4.87. The molecular formula is C21H19N5O2S. The minimum Gasteiger partial charge on any atom is -0.283 e. The first-order valence-corrected chi connectivity index (χ1v) is 10.6. The number of nitrogens with zero attached hydrogens (tertiary/aromatic N) is 4. The Hall–Kier alpha value is -3.52. The molecule has 0 saturated carbocycles. The molecule has 0 aliphatic rings. The van der Waals surface area contributed by atoms with Crippen molar-refractivity contribution in [2.75, 3.05) is 4.72 Å². The lowest BCUT2D eigenvalue weighted by molar-refractivity contribution is 0.609. The summed E-state index contributed by atoms with van der Waals surface area (Å²) in [4.78, 5) is 13.1. The van der Waals surface area contributed by atoms with E-state index in [0.717, 1.165) is 35.0 Å². The molecule has 29 heavy (non-hydrogen) atoms. The lowest BCUT2D eigenvalue weighted by Crippen LogP contribution is -2.08. The van der Waals surface area contributed by atoms with Crippen LogP contribution in [0.3, 0.4) is 0 Å². The van der Waals surface area contributed by atoms with Crippen LogP contribution in [-0.4, -0.2) is 27.9 Å². The summed E-state index contributed by atoms with van der Waals surface area (Å²) in [5, 5.41) is 0.873. The highest BCUT2D eigenvalue weighted by atomic mass is 32.2. The van der Waals surface area contributed by atoms with Gasteiger partial charge < -0.3 is 0 Å². The van der Waals surface area contributed by atoms with E-state index < -0.39 is 10.0 Å². The van der Waals surface area contributed by atoms with Crippen molar-refractivity contribution >= 4 is 26.7 Å². The molecule has 0 atom stereocenters. The number of aryl methyl sites for hydroxylation is 2. The normalized spacial score (nSPS) is 11.4. The molecule has 2 aromatic carbocycles. The Labute approximate surface area is 168 Å². The third-order valence-corrected chi connectivity index (χ3v) is 5.45. The highest BCUT2D eigenvalue weighted by Gasteiger charge is 2.10. The SMILES string of the molecule is C=CS(=O)(=O)Nc1ccc2ncn(-c3cc(CCc4ccccc4)ncn3)c2c1. The number of aromatic nitrogens is 4. The van der Waals surface area contributed by atoms with Crippen molar-refractivity contribution in [2.45, 2.75) is 12.8 Å². The summed E-state index contributed by atoms with van der Waals surface area (Å²) in [7, 11) is -3.58. The number of sulfonamides is 1. The summed E-state index contributed by atoms with van der Waals surface area (Å²) < 4.78 is 27.8. The zero-order valence-electron chi connectivity index (χ0n) is 15.6. The minimum atomic E-state index is -3.58. The van der Waals surface area contributed by atoms with Gasteiger partial charge in [0.1, 0.15) is 18.5 Å². The van der Waals surface area contributed by atoms with Gasteiger partial charge in [-0.05, 0) is 36.6 Å². The van der Waals surface area contributed by atoms with Crippen LogP contribution >= 0.6 is 0 Å². The first-order valence-electron chi connectivity index (χ1n) is 9.02. The van der Waals surface area contributed by atoms with E-state index in [-0.39, 0.29) is 0 Å². The number of anilines is 1. The second-order valence-electron chi connectivity index (χ2n) is 6.48. The molecule has 4 rings (SSSR count). The van der Waals surface area contributed by atoms with E-state index >= 15 is 0 Å². The van der Waals surface area contributed by atoms with Crippen molar-refractivity contribution in [1.29, 1.82) is 0 Å². The molecule has 0 bridgehead atoms. The van der Waals surface area contributed by atoms with Crippen LogP contribution in [0.25, 0.3) is 16.9 Å². The van der Waals surface area contributed by atoms with Crippen molar-refractivity contribution in [3.8, 4) is 5.82 Å². The van der Waals surface area contributed by atoms with Crippen LogP contribution in [0.4, 0.5) is 5.69 Å². The molecule has 0 radical (unpaired) electrons. The summed E-state index contributed by atoms with van der Waals surface area (Å²) >= 11 is 0. The number of rotatable bonds is 7. The van der Waals surface area contributed by atoms with Gasteiger partial charge in [0.25, 0.3) is 10.0 Å². The van der Waals surface area contributed by atoms with Crippen LogP contribution in [0, 0.1) is 0 Å². The second-order valence-corrected chi connectivity index (χ2v) is 8.11. The third-order valence-electron chi connectivity index (χ3n) is 4.50. The lowest BCUT2D eigenvalue weighted by Gasteiger charge is -2.08. The summed E-state index contributed by atoms with van der Waals surface area (Å²) in [5.74, 6) is 0.675. The van der Waals surface area contributed by atoms with Gasteiger partial charge in [0.05, 0.1) is 16.7 Å². The Morgan fingerprint density at radius 2 is 1.83 bits per heavy atom. The molecule has 8 heteroatoms. The number of nitrogens with one attached hydrogen (secondary N) is 1. The van der Waals surface area contributed by atoms with Gasteiger partial charge in [0.15, 0.2) is 0 Å². The maximum Gasteiger partial charge on any atom is 0.254 e. The molecule has 0 fully saturated rings. The van der Waals surface area contributed by atoms with Gasteiger partial charge >= 0.3 is 0 Å². The van der Waals surface area contributed by atoms with Crippen molar-refractivity contribution in [2.24, 2.45) is 0 Å². The Bertz CT molecular complexity index is 1270. The average Bonchev–Trinajstić information content (AvgIpc) is 3.16. The van der Waals surface area contributed by atoms with E-state index in [1.807, 2.05) is 28.8 Å². The lowest BCUT2D eigenvalue weighted by atomic mass is 10.1. The average molecular weight is 405 g/mol. The van der Waals surface area contributed by atoms with Crippen molar-refractivity contribution < 1.29 is 8.42 Å². The molecule has 2 aromatic heterocycles. The molecule has 4 aromatic rings. The maximum atomic E-state index is 11.8. The molecule has 2 heterocycles. The molecule has 0 spiro atoms. The zero-order valence-corrected chi connectivity index (χ0v) is 16.4. The standard InChI is InChI=1S/C21H19N5O2S/c1-2-29(27,28)25-18-10-11-19-20(12-18)26(15-24-19)21-13-17(22-14-23-21)9-8-16-6-4-3-5-7-16/h2-7,10-15,25H,1,8-9H2. The van der Waals surface area contributed by atoms with Gasteiger partial charge in [-0.15, -0.1) is 0 Å². The van der Waals surface area contributed by atoms with Crippen molar-refractivity contribution in [1.82, 2.24) is 19.5 Å². The number of benzene rings is 2. The van der Waals surface area contributed by atoms with Gasteiger partial charge in [-0.25, -0.2) is 23.4 Å². The van der Waals surface area contributed by atoms with E-state index in [1.54, 1.807) is 24.5 Å². The van der Waals surface area contributed by atoms with Crippen LogP contribution in [0.2, 0.25) is 0 Å². The molecule has 1 N–H and O–H groups in total. The summed E-state index contributed by atoms with van der Waals surface area (Å²) in [5.41, 5.74) is 4.07. The van der Waals surface area contributed by atoms with E-state index in [1.165, 1.54) is 11.9 Å². The van der Waals surface area contributed by atoms with Gasteiger partial charge in [-0.2, -0.15) is 0 Å². The molecule has 0 amide bonds. The molecule has 0 saturated heterocycles. The zero-order chi connectivity index (χ0) is 20.3. The minimum absolute atomic E-state index is 0.428. The van der Waals surface area contributed by atoms with Crippen LogP contribution in [0.5, 0.6) is 0 Å². The van der Waals surface area contributed by atoms with Gasteiger partial charge in [0, 0.05) is 17.2 Å². The van der Waals surface area contributed by atoms with Crippen LogP contribution in [0.15, 0.2) is 79.2 Å². The summed E-state index contributed by atoms with van der Waals surface area (Å²) in [6, 6.07) is 17.3. The Morgan fingerprint density at radius 1 is 1.00 bits per heavy atom. The van der Waals surface area contributed by atoms with Crippen LogP contribution in [-0.2, 0) is 22.9 Å². The van der Waals surface area contributed by atoms with Gasteiger partial charge in [-0.3, -0.25) is 9.29 Å². The van der Waals surface area contributed by atoms with Crippen molar-refractivity contribution in [3.05, 3.63) is 90.5 Å². The monoisotopic (exact) mass is 405 g/mol. The van der Waals surface area contributed by atoms with E-state index in [0.29, 0.717) is 11.5 Å². The fourth-order valence-electron chi connectivity index (χ4n) is 3.03. The van der Waals surface area contributed by atoms with E-state index in [4.69, 9.17) is 0 Å². The van der Waals surface area contributed by atoms with Gasteiger partial charge in [-0.1, -0.05) is 36.9 Å². The molecule has 0 aliphatic carbocycles. The fourth-order valence-corrected chi connectivity index (χ4v) is 3.57. The molecule has 146 valence electrons. The first-order chi connectivity index (χ1) is 14.0. The van der Waals surface area contributed by atoms with Gasteiger partial charge in [0.2, 0.25) is 0 Å². The first kappa shape index (κ1) is 18.8. The quantitative estimate of drug-likeness (QED) is 0.508. The number of hydrogen-bond donors (Lipinski definition) is 1. The molecular weight excluding hydrogens is 386 g/mol. The number of imidazole rings is 1. The Kier molecular flexibility index (Phi) is 5.09. The molecule has 7 nitrogen and oxygen atoms in total.